The molecule has 0 amide bonds. The van der Waals surface area contributed by atoms with Gasteiger partial charge in [-0.3, -0.25) is 0 Å². The molecule has 2 rings (SSSR count). The van der Waals surface area contributed by atoms with Gasteiger partial charge in [-0.05, 0) is 49.3 Å². The molecular formula is C12H17N. The van der Waals surface area contributed by atoms with Crippen molar-refractivity contribution < 1.29 is 0 Å². The summed E-state index contributed by atoms with van der Waals surface area (Å²) >= 11 is 0. The van der Waals surface area contributed by atoms with E-state index >= 15 is 0 Å². The first-order chi connectivity index (χ1) is 6.20. The van der Waals surface area contributed by atoms with E-state index in [0.717, 1.165) is 0 Å². The topological polar surface area (TPSA) is 26.0 Å². The maximum Gasteiger partial charge on any atom is 0.00796 e. The Morgan fingerprint density at radius 2 is 2.23 bits per heavy atom. The first-order valence-corrected chi connectivity index (χ1v) is 5.04. The van der Waals surface area contributed by atoms with Crippen LogP contribution in [0.4, 0.5) is 0 Å². The van der Waals surface area contributed by atoms with Gasteiger partial charge < -0.3 is 5.73 Å². The van der Waals surface area contributed by atoms with Crippen molar-refractivity contribution in [3.63, 3.8) is 0 Å². The number of hydrogen-bond donors (Lipinski definition) is 1. The summed E-state index contributed by atoms with van der Waals surface area (Å²) < 4.78 is 0. The standard InChI is InChI=1S/C12H17N/c1-8-4-3-5-10-6-7-11(9(2)13)12(8)10/h3-5,9,11H,6-7,13H2,1-2H3. The third-order valence-corrected chi connectivity index (χ3v) is 3.14. The maximum absolute atomic E-state index is 5.98. The van der Waals surface area contributed by atoms with Gasteiger partial charge in [-0.2, -0.15) is 0 Å². The van der Waals surface area contributed by atoms with Crippen LogP contribution in [0.3, 0.4) is 0 Å². The monoisotopic (exact) mass is 175 g/mol. The van der Waals surface area contributed by atoms with Crippen LogP contribution in [-0.4, -0.2) is 6.04 Å². The SMILES string of the molecule is Cc1cccc2c1C(C(C)N)CC2. The summed E-state index contributed by atoms with van der Waals surface area (Å²) in [6, 6.07) is 6.88. The minimum atomic E-state index is 0.294. The predicted molar refractivity (Wildman–Crippen MR) is 55.9 cm³/mol. The highest BCUT2D eigenvalue weighted by Gasteiger charge is 2.26. The number of benzene rings is 1. The van der Waals surface area contributed by atoms with Crippen molar-refractivity contribution in [3.05, 3.63) is 34.9 Å². The van der Waals surface area contributed by atoms with Gasteiger partial charge in [0.15, 0.2) is 0 Å². The van der Waals surface area contributed by atoms with Crippen LogP contribution in [-0.2, 0) is 6.42 Å². The molecule has 0 aromatic heterocycles. The molecule has 1 heteroatoms. The van der Waals surface area contributed by atoms with Crippen LogP contribution < -0.4 is 5.73 Å². The zero-order chi connectivity index (χ0) is 9.42. The van der Waals surface area contributed by atoms with Crippen LogP contribution in [0.5, 0.6) is 0 Å². The van der Waals surface area contributed by atoms with E-state index in [1.165, 1.54) is 29.5 Å². The molecule has 1 aromatic carbocycles. The number of aryl methyl sites for hydroxylation is 2. The van der Waals surface area contributed by atoms with Crippen molar-refractivity contribution in [2.75, 3.05) is 0 Å². The van der Waals surface area contributed by atoms with Gasteiger partial charge in [0.1, 0.15) is 0 Å². The molecule has 13 heavy (non-hydrogen) atoms. The molecule has 0 saturated heterocycles. The number of rotatable bonds is 1. The van der Waals surface area contributed by atoms with Crippen molar-refractivity contribution in [1.82, 2.24) is 0 Å². The van der Waals surface area contributed by atoms with E-state index in [-0.39, 0.29) is 0 Å². The maximum atomic E-state index is 5.98. The van der Waals surface area contributed by atoms with E-state index < -0.39 is 0 Å². The Kier molecular flexibility index (Phi) is 2.12. The minimum Gasteiger partial charge on any atom is -0.327 e. The van der Waals surface area contributed by atoms with Crippen LogP contribution in [0, 0.1) is 6.92 Å². The summed E-state index contributed by atoms with van der Waals surface area (Å²) in [5.74, 6) is 0.594. The largest absolute Gasteiger partial charge is 0.327 e. The molecule has 0 bridgehead atoms. The average Bonchev–Trinajstić information content (AvgIpc) is 2.49. The molecule has 0 fully saturated rings. The molecule has 1 nitrogen and oxygen atoms in total. The molecule has 0 heterocycles. The Morgan fingerprint density at radius 1 is 1.46 bits per heavy atom. The molecule has 0 aliphatic heterocycles. The second-order valence-corrected chi connectivity index (χ2v) is 4.15. The molecule has 2 atom stereocenters. The van der Waals surface area contributed by atoms with Gasteiger partial charge in [0, 0.05) is 6.04 Å². The molecular weight excluding hydrogens is 158 g/mol. The Morgan fingerprint density at radius 3 is 2.92 bits per heavy atom. The van der Waals surface area contributed by atoms with Gasteiger partial charge in [0.05, 0.1) is 0 Å². The van der Waals surface area contributed by atoms with Crippen molar-refractivity contribution in [3.8, 4) is 0 Å². The van der Waals surface area contributed by atoms with Crippen LogP contribution in [0.1, 0.15) is 36.0 Å². The average molecular weight is 175 g/mol. The highest BCUT2D eigenvalue weighted by Crippen LogP contribution is 2.36. The van der Waals surface area contributed by atoms with E-state index in [4.69, 9.17) is 5.73 Å². The Labute approximate surface area is 80.0 Å². The summed E-state index contributed by atoms with van der Waals surface area (Å²) in [4.78, 5) is 0. The van der Waals surface area contributed by atoms with E-state index in [1.54, 1.807) is 0 Å². The Hall–Kier alpha value is -0.820. The first kappa shape index (κ1) is 8.76. The Balaban J connectivity index is 2.46. The molecule has 0 spiro atoms. The number of hydrogen-bond acceptors (Lipinski definition) is 1. The zero-order valence-electron chi connectivity index (χ0n) is 8.38. The van der Waals surface area contributed by atoms with E-state index in [9.17, 15) is 0 Å². The van der Waals surface area contributed by atoms with Crippen molar-refractivity contribution >= 4 is 0 Å². The molecule has 1 aromatic rings. The zero-order valence-corrected chi connectivity index (χ0v) is 8.38. The summed E-state index contributed by atoms with van der Waals surface area (Å²) in [6.07, 6.45) is 2.45. The van der Waals surface area contributed by atoms with Gasteiger partial charge in [-0.1, -0.05) is 18.2 Å². The molecule has 1 aliphatic rings. The number of fused-ring (bicyclic) bond motifs is 1. The van der Waals surface area contributed by atoms with Gasteiger partial charge >= 0.3 is 0 Å². The highest BCUT2D eigenvalue weighted by molar-refractivity contribution is 5.41. The van der Waals surface area contributed by atoms with Crippen LogP contribution >= 0.6 is 0 Å². The van der Waals surface area contributed by atoms with E-state index in [1.807, 2.05) is 0 Å². The fourth-order valence-corrected chi connectivity index (χ4v) is 2.47. The predicted octanol–water partition coefficient (Wildman–Crippen LogP) is 2.37. The van der Waals surface area contributed by atoms with Gasteiger partial charge in [0.2, 0.25) is 0 Å². The summed E-state index contributed by atoms with van der Waals surface area (Å²) in [7, 11) is 0. The fraction of sp³-hybridized carbons (Fsp3) is 0.500. The third kappa shape index (κ3) is 1.37. The van der Waals surface area contributed by atoms with Crippen LogP contribution in [0.2, 0.25) is 0 Å². The highest BCUT2D eigenvalue weighted by atomic mass is 14.6. The quantitative estimate of drug-likeness (QED) is 0.696. The molecule has 1 aliphatic carbocycles. The Bertz CT molecular complexity index is 315. The number of nitrogens with two attached hydrogens (primary N) is 1. The lowest BCUT2D eigenvalue weighted by Crippen LogP contribution is -2.23. The summed E-state index contributed by atoms with van der Waals surface area (Å²) in [5.41, 5.74) is 10.4. The van der Waals surface area contributed by atoms with E-state index in [0.29, 0.717) is 12.0 Å². The smallest absolute Gasteiger partial charge is 0.00796 e. The molecule has 70 valence electrons. The molecule has 0 radical (unpaired) electrons. The first-order valence-electron chi connectivity index (χ1n) is 5.04. The summed E-state index contributed by atoms with van der Waals surface area (Å²) in [6.45, 7) is 4.31. The van der Waals surface area contributed by atoms with Gasteiger partial charge in [-0.25, -0.2) is 0 Å². The molecule has 2 N–H and O–H groups in total. The lowest BCUT2D eigenvalue weighted by Gasteiger charge is -2.17. The second kappa shape index (κ2) is 3.15. The van der Waals surface area contributed by atoms with Crippen molar-refractivity contribution in [1.29, 1.82) is 0 Å². The van der Waals surface area contributed by atoms with Crippen molar-refractivity contribution in [2.45, 2.75) is 38.6 Å². The second-order valence-electron chi connectivity index (χ2n) is 4.15. The van der Waals surface area contributed by atoms with Crippen LogP contribution in [0.15, 0.2) is 18.2 Å². The van der Waals surface area contributed by atoms with Gasteiger partial charge in [-0.15, -0.1) is 0 Å². The fourth-order valence-electron chi connectivity index (χ4n) is 2.47. The summed E-state index contributed by atoms with van der Waals surface area (Å²) in [5, 5.41) is 0. The lowest BCUT2D eigenvalue weighted by atomic mass is 9.92. The lowest BCUT2D eigenvalue weighted by molar-refractivity contribution is 0.562. The van der Waals surface area contributed by atoms with Gasteiger partial charge in [0.25, 0.3) is 0 Å². The normalized spacial score (nSPS) is 22.8. The minimum absolute atomic E-state index is 0.294. The molecule has 0 saturated carbocycles. The third-order valence-electron chi connectivity index (χ3n) is 3.14. The van der Waals surface area contributed by atoms with E-state index in [2.05, 4.69) is 32.0 Å². The van der Waals surface area contributed by atoms with Crippen molar-refractivity contribution in [2.24, 2.45) is 5.73 Å². The van der Waals surface area contributed by atoms with Crippen LogP contribution in [0.25, 0.3) is 0 Å². The molecule has 2 unspecified atom stereocenters.